The molecule has 2 aliphatic rings. The lowest BCUT2D eigenvalue weighted by Gasteiger charge is -2.39. The zero-order chi connectivity index (χ0) is 27.8. The van der Waals surface area contributed by atoms with Gasteiger partial charge in [-0.15, -0.1) is 5.54 Å². The number of hydrogen-bond donors (Lipinski definition) is 2. The van der Waals surface area contributed by atoms with E-state index < -0.39 is 18.1 Å². The molecule has 0 unspecified atom stereocenters. The van der Waals surface area contributed by atoms with Crippen molar-refractivity contribution in [3.63, 3.8) is 0 Å². The van der Waals surface area contributed by atoms with Gasteiger partial charge in [0.2, 0.25) is 0 Å². The third-order valence-electron chi connectivity index (χ3n) is 7.08. The fraction of sp³-hybridized carbons (Fsp3) is 0.481. The van der Waals surface area contributed by atoms with E-state index in [1.165, 1.54) is 12.4 Å². The normalized spacial score (nSPS) is 17.4. The Morgan fingerprint density at radius 1 is 1.15 bits per heavy atom. The molecule has 12 heteroatoms. The lowest BCUT2D eigenvalue weighted by Crippen LogP contribution is -2.40. The van der Waals surface area contributed by atoms with Gasteiger partial charge in [-0.25, -0.2) is 23.4 Å². The molecule has 2 fully saturated rings. The standard InChI is InChI=1S/C27H35N7O3SSi/c1-27(19-35)9-12-33(13-10-27)23-15-25(29-16-20(23)8-14-39(2,3)4)31-24-7-11-28-26(32-24)21-17-30-34(18-21)38(36,37)22-5-6-22/h7,11,15-18,22,35H,5-6,9-10,12-13,19H2,1-4H3,(H,28,29,31,32). The molecule has 1 aliphatic carbocycles. The van der Waals surface area contributed by atoms with Crippen LogP contribution in [0.1, 0.15) is 38.2 Å². The molecule has 4 heterocycles. The number of piperidine rings is 1. The minimum absolute atomic E-state index is 0.0576. The van der Waals surface area contributed by atoms with E-state index in [1.807, 2.05) is 6.07 Å². The van der Waals surface area contributed by atoms with Crippen molar-refractivity contribution in [2.75, 3.05) is 29.9 Å². The average molecular weight is 566 g/mol. The molecule has 1 saturated heterocycles. The van der Waals surface area contributed by atoms with Crippen molar-refractivity contribution < 1.29 is 13.5 Å². The number of nitrogens with one attached hydrogen (secondary N) is 1. The molecule has 3 aromatic heterocycles. The van der Waals surface area contributed by atoms with Crippen LogP contribution in [0.4, 0.5) is 17.3 Å². The molecule has 5 rings (SSSR count). The zero-order valence-electron chi connectivity index (χ0n) is 22.8. The van der Waals surface area contributed by atoms with E-state index in [9.17, 15) is 13.5 Å². The van der Waals surface area contributed by atoms with E-state index >= 15 is 0 Å². The summed E-state index contributed by atoms with van der Waals surface area (Å²) in [5.41, 5.74) is 5.82. The Kier molecular flexibility index (Phi) is 7.26. The maximum absolute atomic E-state index is 12.5. The molecule has 206 valence electrons. The quantitative estimate of drug-likeness (QED) is 0.326. The highest BCUT2D eigenvalue weighted by molar-refractivity contribution is 7.90. The van der Waals surface area contributed by atoms with Crippen molar-refractivity contribution in [1.29, 1.82) is 0 Å². The van der Waals surface area contributed by atoms with E-state index in [0.717, 1.165) is 41.3 Å². The molecule has 0 radical (unpaired) electrons. The number of rotatable bonds is 7. The topological polar surface area (TPSA) is 126 Å². The van der Waals surface area contributed by atoms with Gasteiger partial charge in [-0.05, 0) is 37.2 Å². The summed E-state index contributed by atoms with van der Waals surface area (Å²) in [5.74, 6) is 4.90. The van der Waals surface area contributed by atoms with Gasteiger partial charge >= 0.3 is 0 Å². The molecule has 1 saturated carbocycles. The second-order valence-corrected chi connectivity index (χ2v) is 18.6. The Morgan fingerprint density at radius 2 is 1.90 bits per heavy atom. The fourth-order valence-electron chi connectivity index (χ4n) is 4.35. The predicted octanol–water partition coefficient (Wildman–Crippen LogP) is 3.65. The first-order valence-corrected chi connectivity index (χ1v) is 18.2. The van der Waals surface area contributed by atoms with Gasteiger partial charge in [0.25, 0.3) is 10.0 Å². The summed E-state index contributed by atoms with van der Waals surface area (Å²) in [6.45, 7) is 10.6. The molecular weight excluding hydrogens is 530 g/mol. The molecule has 10 nitrogen and oxygen atoms in total. The largest absolute Gasteiger partial charge is 0.396 e. The second kappa shape index (κ2) is 10.4. The minimum Gasteiger partial charge on any atom is -0.396 e. The summed E-state index contributed by atoms with van der Waals surface area (Å²) in [6.07, 6.45) is 9.49. The third kappa shape index (κ3) is 6.32. The van der Waals surface area contributed by atoms with Gasteiger partial charge in [-0.2, -0.15) is 9.19 Å². The average Bonchev–Trinajstić information content (AvgIpc) is 3.65. The lowest BCUT2D eigenvalue weighted by atomic mass is 9.81. The van der Waals surface area contributed by atoms with Gasteiger partial charge in [0.1, 0.15) is 19.7 Å². The van der Waals surface area contributed by atoms with Crippen molar-refractivity contribution in [3.05, 3.63) is 42.5 Å². The van der Waals surface area contributed by atoms with E-state index in [1.54, 1.807) is 18.5 Å². The van der Waals surface area contributed by atoms with Crippen LogP contribution in [-0.4, -0.2) is 70.7 Å². The molecular formula is C27H35N7O3SSi. The van der Waals surface area contributed by atoms with Gasteiger partial charge in [0.15, 0.2) is 5.82 Å². The molecule has 0 bridgehead atoms. The van der Waals surface area contributed by atoms with Crippen molar-refractivity contribution in [2.24, 2.45) is 5.41 Å². The van der Waals surface area contributed by atoms with Crippen molar-refractivity contribution in [3.8, 4) is 22.9 Å². The number of hydrogen-bond acceptors (Lipinski definition) is 9. The van der Waals surface area contributed by atoms with Gasteiger partial charge < -0.3 is 15.3 Å². The number of aliphatic hydroxyl groups is 1. The van der Waals surface area contributed by atoms with E-state index in [2.05, 4.69) is 68.3 Å². The van der Waals surface area contributed by atoms with Crippen LogP contribution in [0.5, 0.6) is 0 Å². The minimum atomic E-state index is -3.46. The number of nitrogens with zero attached hydrogens (tertiary/aromatic N) is 6. The van der Waals surface area contributed by atoms with Crippen LogP contribution in [0.2, 0.25) is 19.6 Å². The predicted molar refractivity (Wildman–Crippen MR) is 155 cm³/mol. The molecule has 0 spiro atoms. The van der Waals surface area contributed by atoms with Crippen molar-refractivity contribution in [1.82, 2.24) is 24.1 Å². The molecule has 0 aromatic carbocycles. The molecule has 2 N–H and O–H groups in total. The molecule has 3 aromatic rings. The Hall–Kier alpha value is -3.27. The van der Waals surface area contributed by atoms with E-state index in [-0.39, 0.29) is 17.3 Å². The summed E-state index contributed by atoms with van der Waals surface area (Å²) in [7, 11) is -5.04. The summed E-state index contributed by atoms with van der Waals surface area (Å²) in [6, 6.07) is 3.74. The first kappa shape index (κ1) is 27.3. The fourth-order valence-corrected chi connectivity index (χ4v) is 6.33. The number of pyridine rings is 1. The molecule has 1 aliphatic heterocycles. The Balaban J connectivity index is 1.40. The smallest absolute Gasteiger partial charge is 0.256 e. The monoisotopic (exact) mass is 565 g/mol. The Bertz CT molecular complexity index is 1530. The maximum Gasteiger partial charge on any atom is 0.256 e. The highest BCUT2D eigenvalue weighted by atomic mass is 32.2. The van der Waals surface area contributed by atoms with Gasteiger partial charge in [-0.1, -0.05) is 32.5 Å². The summed E-state index contributed by atoms with van der Waals surface area (Å²) in [4.78, 5) is 15.8. The van der Waals surface area contributed by atoms with Crippen LogP contribution in [0.15, 0.2) is 36.9 Å². The number of anilines is 3. The molecule has 0 atom stereocenters. The van der Waals surface area contributed by atoms with Crippen LogP contribution in [0.25, 0.3) is 11.4 Å². The highest BCUT2D eigenvalue weighted by Crippen LogP contribution is 2.35. The van der Waals surface area contributed by atoms with Crippen molar-refractivity contribution in [2.45, 2.75) is 57.5 Å². The first-order valence-electron chi connectivity index (χ1n) is 13.2. The Labute approximate surface area is 231 Å². The van der Waals surface area contributed by atoms with Crippen LogP contribution in [-0.2, 0) is 10.0 Å². The van der Waals surface area contributed by atoms with Crippen LogP contribution < -0.4 is 10.2 Å². The Morgan fingerprint density at radius 3 is 2.56 bits per heavy atom. The summed E-state index contributed by atoms with van der Waals surface area (Å²) < 4.78 is 26.0. The highest BCUT2D eigenvalue weighted by Gasteiger charge is 2.37. The van der Waals surface area contributed by atoms with Gasteiger partial charge in [-0.3, -0.25) is 0 Å². The van der Waals surface area contributed by atoms with Crippen LogP contribution in [0.3, 0.4) is 0 Å². The summed E-state index contributed by atoms with van der Waals surface area (Å²) in [5, 5.41) is 16.8. The first-order chi connectivity index (χ1) is 18.5. The van der Waals surface area contributed by atoms with Crippen LogP contribution >= 0.6 is 0 Å². The zero-order valence-corrected chi connectivity index (χ0v) is 24.7. The van der Waals surface area contributed by atoms with Crippen LogP contribution in [0, 0.1) is 16.9 Å². The van der Waals surface area contributed by atoms with Gasteiger partial charge in [0.05, 0.1) is 34.5 Å². The van der Waals surface area contributed by atoms with Gasteiger partial charge in [0, 0.05) is 38.2 Å². The third-order valence-corrected chi connectivity index (χ3v) is 9.99. The van der Waals surface area contributed by atoms with Crippen molar-refractivity contribution >= 4 is 35.4 Å². The molecule has 0 amide bonds. The maximum atomic E-state index is 12.5. The molecule has 39 heavy (non-hydrogen) atoms. The summed E-state index contributed by atoms with van der Waals surface area (Å²) >= 11 is 0. The van der Waals surface area contributed by atoms with E-state index in [0.29, 0.717) is 35.9 Å². The number of aromatic nitrogens is 5. The lowest BCUT2D eigenvalue weighted by molar-refractivity contribution is 0.115. The second-order valence-electron chi connectivity index (χ2n) is 11.8. The van der Waals surface area contributed by atoms with E-state index in [4.69, 9.17) is 0 Å². The SMILES string of the molecule is CC1(CO)CCN(c2cc(Nc3ccnc(-c4cnn(S(=O)(=O)C5CC5)c4)n3)ncc2C#C[Si](C)(C)C)CC1. The number of aliphatic hydroxyl groups excluding tert-OH is 1.